The van der Waals surface area contributed by atoms with Gasteiger partial charge >= 0.3 is 0 Å². The molecule has 0 aliphatic rings. The predicted octanol–water partition coefficient (Wildman–Crippen LogP) is 2.16. The predicted molar refractivity (Wildman–Crippen MR) is 72.7 cm³/mol. The fourth-order valence-electron chi connectivity index (χ4n) is 1.60. The van der Waals surface area contributed by atoms with Gasteiger partial charge in [-0.15, -0.1) is 0 Å². The van der Waals surface area contributed by atoms with Crippen LogP contribution in [-0.4, -0.2) is 24.4 Å². The van der Waals surface area contributed by atoms with E-state index >= 15 is 0 Å². The highest BCUT2D eigenvalue weighted by Gasteiger charge is 2.12. The Kier molecular flexibility index (Phi) is 4.49. The zero-order valence-electron chi connectivity index (χ0n) is 11.1. The van der Waals surface area contributed by atoms with Crippen LogP contribution in [0.25, 0.3) is 0 Å². The van der Waals surface area contributed by atoms with Gasteiger partial charge in [-0.3, -0.25) is 5.41 Å². The normalized spacial score (nSPS) is 10.6. The summed E-state index contributed by atoms with van der Waals surface area (Å²) in [5.74, 6) is 1.53. The minimum absolute atomic E-state index is 0.0731. The first-order valence-electron chi connectivity index (χ1n) is 5.95. The number of nitrogens with two attached hydrogens (primary N) is 1. The van der Waals surface area contributed by atoms with Gasteiger partial charge in [0.1, 0.15) is 11.7 Å². The number of aromatic nitrogens is 1. The lowest BCUT2D eigenvalue weighted by Crippen LogP contribution is -2.25. The number of aryl methyl sites for hydroxylation is 1. The molecule has 0 aliphatic heterocycles. The molecule has 0 unspecified atom stereocenters. The molecule has 0 atom stereocenters. The third-order valence-corrected chi connectivity index (χ3v) is 2.71. The number of rotatable bonds is 5. The van der Waals surface area contributed by atoms with Crippen LogP contribution in [0.15, 0.2) is 12.1 Å². The molecule has 0 radical (unpaired) electrons. The molecule has 0 saturated carbocycles. The summed E-state index contributed by atoms with van der Waals surface area (Å²) in [6.45, 7) is 7.27. The number of pyridine rings is 1. The maximum atomic E-state index is 7.57. The van der Waals surface area contributed by atoms with E-state index in [0.29, 0.717) is 11.5 Å². The number of amidine groups is 1. The zero-order valence-corrected chi connectivity index (χ0v) is 11.1. The van der Waals surface area contributed by atoms with Crippen molar-refractivity contribution in [1.29, 1.82) is 5.41 Å². The summed E-state index contributed by atoms with van der Waals surface area (Å²) in [5, 5.41) is 7.57. The number of anilines is 1. The van der Waals surface area contributed by atoms with Crippen LogP contribution in [0.4, 0.5) is 5.82 Å². The summed E-state index contributed by atoms with van der Waals surface area (Å²) in [5.41, 5.74) is 7.23. The molecule has 1 rings (SSSR count). The smallest absolute Gasteiger partial charge is 0.139 e. The molecule has 1 heterocycles. The molecule has 17 heavy (non-hydrogen) atoms. The molecule has 1 aromatic heterocycles. The SMILES string of the molecule is Cc1ccc(C(=N)N)c(N(C)CCC(C)C)n1. The second-order valence-electron chi connectivity index (χ2n) is 4.84. The Hall–Kier alpha value is -1.58. The molecular weight excluding hydrogens is 212 g/mol. The van der Waals surface area contributed by atoms with Crippen LogP contribution in [0, 0.1) is 18.3 Å². The van der Waals surface area contributed by atoms with E-state index in [0.717, 1.165) is 24.5 Å². The average Bonchev–Trinajstić information content (AvgIpc) is 2.25. The van der Waals surface area contributed by atoms with E-state index in [-0.39, 0.29) is 5.84 Å². The maximum absolute atomic E-state index is 7.57. The lowest BCUT2D eigenvalue weighted by Gasteiger charge is -2.22. The lowest BCUT2D eigenvalue weighted by molar-refractivity contribution is 0.583. The van der Waals surface area contributed by atoms with Gasteiger partial charge in [0.15, 0.2) is 0 Å². The van der Waals surface area contributed by atoms with Crippen molar-refractivity contribution in [3.8, 4) is 0 Å². The molecule has 3 N–H and O–H groups in total. The van der Waals surface area contributed by atoms with Crippen molar-refractivity contribution in [2.45, 2.75) is 27.2 Å². The summed E-state index contributed by atoms with van der Waals surface area (Å²) in [7, 11) is 2.00. The van der Waals surface area contributed by atoms with Gasteiger partial charge in [-0.25, -0.2) is 4.98 Å². The number of nitrogens with one attached hydrogen (secondary N) is 1. The summed E-state index contributed by atoms with van der Waals surface area (Å²) in [4.78, 5) is 6.55. The fraction of sp³-hybridized carbons (Fsp3) is 0.538. The van der Waals surface area contributed by atoms with Gasteiger partial charge in [-0.1, -0.05) is 13.8 Å². The first-order valence-corrected chi connectivity index (χ1v) is 5.95. The second-order valence-corrected chi connectivity index (χ2v) is 4.84. The molecule has 0 amide bonds. The highest BCUT2D eigenvalue weighted by molar-refractivity contribution is 5.99. The van der Waals surface area contributed by atoms with Crippen LogP contribution in [0.1, 0.15) is 31.5 Å². The summed E-state index contributed by atoms with van der Waals surface area (Å²) in [6.07, 6.45) is 1.10. The van der Waals surface area contributed by atoms with Crippen LogP contribution in [-0.2, 0) is 0 Å². The molecule has 0 bridgehead atoms. The van der Waals surface area contributed by atoms with Gasteiger partial charge in [0.25, 0.3) is 0 Å². The molecule has 0 aromatic carbocycles. The quantitative estimate of drug-likeness (QED) is 0.606. The van der Waals surface area contributed by atoms with Crippen LogP contribution in [0.3, 0.4) is 0 Å². The number of hydrogen-bond donors (Lipinski definition) is 2. The van der Waals surface area contributed by atoms with Gasteiger partial charge in [-0.05, 0) is 31.4 Å². The van der Waals surface area contributed by atoms with E-state index in [2.05, 4.69) is 23.7 Å². The van der Waals surface area contributed by atoms with Crippen molar-refractivity contribution >= 4 is 11.7 Å². The Bertz CT molecular complexity index is 398. The highest BCUT2D eigenvalue weighted by atomic mass is 15.2. The molecule has 1 aromatic rings. The molecule has 0 spiro atoms. The highest BCUT2D eigenvalue weighted by Crippen LogP contribution is 2.17. The Morgan fingerprint density at radius 1 is 1.47 bits per heavy atom. The summed E-state index contributed by atoms with van der Waals surface area (Å²) >= 11 is 0. The first kappa shape index (κ1) is 13.5. The van der Waals surface area contributed by atoms with Gasteiger partial charge in [0.2, 0.25) is 0 Å². The number of hydrogen-bond acceptors (Lipinski definition) is 3. The van der Waals surface area contributed by atoms with Gasteiger partial charge < -0.3 is 10.6 Å². The van der Waals surface area contributed by atoms with Crippen LogP contribution < -0.4 is 10.6 Å². The number of nitrogen functional groups attached to an aromatic ring is 1. The Balaban J connectivity index is 2.94. The van der Waals surface area contributed by atoms with E-state index in [1.807, 2.05) is 26.1 Å². The van der Waals surface area contributed by atoms with Crippen LogP contribution in [0.5, 0.6) is 0 Å². The lowest BCUT2D eigenvalue weighted by atomic mass is 10.1. The molecule has 0 saturated heterocycles. The number of nitrogens with zero attached hydrogens (tertiary/aromatic N) is 2. The Labute approximate surface area is 103 Å². The van der Waals surface area contributed by atoms with Gasteiger partial charge in [0.05, 0.1) is 5.56 Å². The molecule has 94 valence electrons. The van der Waals surface area contributed by atoms with Crippen molar-refractivity contribution in [3.63, 3.8) is 0 Å². The van der Waals surface area contributed by atoms with Crippen LogP contribution in [0.2, 0.25) is 0 Å². The van der Waals surface area contributed by atoms with Crippen molar-refractivity contribution in [2.75, 3.05) is 18.5 Å². The van der Waals surface area contributed by atoms with E-state index < -0.39 is 0 Å². The largest absolute Gasteiger partial charge is 0.384 e. The molecule has 0 fully saturated rings. The Morgan fingerprint density at radius 3 is 2.65 bits per heavy atom. The topological polar surface area (TPSA) is 66.0 Å². The maximum Gasteiger partial charge on any atom is 0.139 e. The van der Waals surface area contributed by atoms with Gasteiger partial charge in [0, 0.05) is 19.3 Å². The summed E-state index contributed by atoms with van der Waals surface area (Å²) < 4.78 is 0. The monoisotopic (exact) mass is 234 g/mol. The average molecular weight is 234 g/mol. The van der Waals surface area contributed by atoms with E-state index in [1.54, 1.807) is 0 Å². The molecular formula is C13H22N4. The van der Waals surface area contributed by atoms with Crippen molar-refractivity contribution in [3.05, 3.63) is 23.4 Å². The van der Waals surface area contributed by atoms with Crippen molar-refractivity contribution in [2.24, 2.45) is 11.7 Å². The van der Waals surface area contributed by atoms with Crippen molar-refractivity contribution < 1.29 is 0 Å². The van der Waals surface area contributed by atoms with Gasteiger partial charge in [-0.2, -0.15) is 0 Å². The van der Waals surface area contributed by atoms with Crippen molar-refractivity contribution in [1.82, 2.24) is 4.98 Å². The summed E-state index contributed by atoms with van der Waals surface area (Å²) in [6, 6.07) is 3.75. The standard InChI is InChI=1S/C13H22N4/c1-9(2)7-8-17(4)13-11(12(14)15)6-5-10(3)16-13/h5-6,9H,7-8H2,1-4H3,(H3,14,15). The van der Waals surface area contributed by atoms with E-state index in [9.17, 15) is 0 Å². The third-order valence-electron chi connectivity index (χ3n) is 2.71. The molecule has 0 aliphatic carbocycles. The minimum atomic E-state index is 0.0731. The van der Waals surface area contributed by atoms with Crippen LogP contribution >= 0.6 is 0 Å². The third kappa shape index (κ3) is 3.73. The first-order chi connectivity index (χ1) is 7.91. The molecule has 4 heteroatoms. The minimum Gasteiger partial charge on any atom is -0.384 e. The second kappa shape index (κ2) is 5.66. The molecule has 4 nitrogen and oxygen atoms in total. The van der Waals surface area contributed by atoms with E-state index in [1.165, 1.54) is 0 Å². The fourth-order valence-corrected chi connectivity index (χ4v) is 1.60. The zero-order chi connectivity index (χ0) is 13.0. The Morgan fingerprint density at radius 2 is 2.12 bits per heavy atom. The van der Waals surface area contributed by atoms with E-state index in [4.69, 9.17) is 11.1 Å².